The number of hydrogen-bond donors (Lipinski definition) is 0. The molecule has 2 aliphatic heterocycles. The maximum Gasteiger partial charge on any atom is 0.310 e. The van der Waals surface area contributed by atoms with Crippen molar-refractivity contribution in [2.75, 3.05) is 31.2 Å². The molecular formula is C13H21NO3S. The van der Waals surface area contributed by atoms with Gasteiger partial charge in [0.2, 0.25) is 5.91 Å². The van der Waals surface area contributed by atoms with E-state index in [1.807, 2.05) is 23.6 Å². The Balaban J connectivity index is 1.89. The minimum absolute atomic E-state index is 0.114. The quantitative estimate of drug-likeness (QED) is 0.731. The highest BCUT2D eigenvalue weighted by atomic mass is 32.2. The van der Waals surface area contributed by atoms with Gasteiger partial charge in [0.05, 0.1) is 12.5 Å². The smallest absolute Gasteiger partial charge is 0.310 e. The molecule has 102 valence electrons. The number of esters is 1. The highest BCUT2D eigenvalue weighted by molar-refractivity contribution is 7.99. The molecule has 0 bridgehead atoms. The predicted octanol–water partition coefficient (Wildman–Crippen LogP) is 1.54. The molecule has 0 aromatic carbocycles. The number of thioether (sulfide) groups is 1. The number of rotatable bonds is 3. The van der Waals surface area contributed by atoms with Crippen LogP contribution >= 0.6 is 11.8 Å². The summed E-state index contributed by atoms with van der Waals surface area (Å²) in [5.41, 5.74) is 0. The number of amides is 1. The summed E-state index contributed by atoms with van der Waals surface area (Å²) in [4.78, 5) is 25.9. The first kappa shape index (κ1) is 13.7. The normalized spacial score (nSPS) is 28.2. The molecule has 1 amide bonds. The van der Waals surface area contributed by atoms with E-state index in [-0.39, 0.29) is 23.7 Å². The van der Waals surface area contributed by atoms with Crippen LogP contribution in [-0.2, 0) is 14.3 Å². The Hall–Kier alpha value is -0.710. The van der Waals surface area contributed by atoms with Gasteiger partial charge in [-0.1, -0.05) is 0 Å². The van der Waals surface area contributed by atoms with Gasteiger partial charge in [0.1, 0.15) is 0 Å². The highest BCUT2D eigenvalue weighted by Gasteiger charge is 2.33. The molecular weight excluding hydrogens is 250 g/mol. The maximum absolute atomic E-state index is 12.3. The van der Waals surface area contributed by atoms with Gasteiger partial charge in [-0.3, -0.25) is 9.59 Å². The molecule has 2 rings (SSSR count). The van der Waals surface area contributed by atoms with Gasteiger partial charge in [0, 0.05) is 24.8 Å². The van der Waals surface area contributed by atoms with Crippen LogP contribution in [0.1, 0.15) is 26.2 Å². The fourth-order valence-corrected chi connectivity index (χ4v) is 3.83. The molecule has 0 radical (unpaired) electrons. The zero-order valence-corrected chi connectivity index (χ0v) is 11.7. The van der Waals surface area contributed by atoms with Crippen molar-refractivity contribution in [1.29, 1.82) is 0 Å². The van der Waals surface area contributed by atoms with Gasteiger partial charge in [-0.05, 0) is 31.9 Å². The highest BCUT2D eigenvalue weighted by Crippen LogP contribution is 2.27. The number of ether oxygens (including phenoxy) is 1. The SMILES string of the molecule is CCOC(=O)C1CCCN(C(=O)C2CCSC2)C1. The molecule has 0 saturated carbocycles. The van der Waals surface area contributed by atoms with Crippen molar-refractivity contribution in [2.24, 2.45) is 11.8 Å². The van der Waals surface area contributed by atoms with Crippen LogP contribution in [0.3, 0.4) is 0 Å². The molecule has 5 heteroatoms. The van der Waals surface area contributed by atoms with E-state index in [0.29, 0.717) is 13.2 Å². The Labute approximate surface area is 112 Å². The van der Waals surface area contributed by atoms with E-state index in [2.05, 4.69) is 0 Å². The molecule has 0 N–H and O–H groups in total. The minimum Gasteiger partial charge on any atom is -0.466 e. The van der Waals surface area contributed by atoms with Crippen molar-refractivity contribution in [3.63, 3.8) is 0 Å². The second kappa shape index (κ2) is 6.45. The molecule has 2 heterocycles. The lowest BCUT2D eigenvalue weighted by molar-refractivity contribution is -0.151. The van der Waals surface area contributed by atoms with Crippen molar-refractivity contribution in [1.82, 2.24) is 4.90 Å². The zero-order chi connectivity index (χ0) is 13.0. The zero-order valence-electron chi connectivity index (χ0n) is 10.9. The van der Waals surface area contributed by atoms with E-state index in [0.717, 1.165) is 37.3 Å². The summed E-state index contributed by atoms with van der Waals surface area (Å²) >= 11 is 1.85. The van der Waals surface area contributed by atoms with Crippen LogP contribution in [0, 0.1) is 11.8 Å². The molecule has 0 spiro atoms. The largest absolute Gasteiger partial charge is 0.466 e. The van der Waals surface area contributed by atoms with Crippen LogP contribution in [0.5, 0.6) is 0 Å². The summed E-state index contributed by atoms with van der Waals surface area (Å²) in [6.07, 6.45) is 2.75. The van der Waals surface area contributed by atoms with Crippen molar-refractivity contribution in [3.05, 3.63) is 0 Å². The second-order valence-electron chi connectivity index (χ2n) is 4.94. The molecule has 2 atom stereocenters. The Bertz CT molecular complexity index is 315. The van der Waals surface area contributed by atoms with Gasteiger partial charge in [-0.25, -0.2) is 0 Å². The van der Waals surface area contributed by atoms with Crippen molar-refractivity contribution in [2.45, 2.75) is 26.2 Å². The van der Waals surface area contributed by atoms with Crippen molar-refractivity contribution < 1.29 is 14.3 Å². The maximum atomic E-state index is 12.3. The van der Waals surface area contributed by atoms with Crippen LogP contribution in [0.2, 0.25) is 0 Å². The van der Waals surface area contributed by atoms with Gasteiger partial charge in [-0.15, -0.1) is 0 Å². The third-order valence-electron chi connectivity index (χ3n) is 3.63. The van der Waals surface area contributed by atoms with Gasteiger partial charge >= 0.3 is 5.97 Å². The van der Waals surface area contributed by atoms with E-state index < -0.39 is 0 Å². The number of carbonyl (C=O) groups is 2. The molecule has 0 aliphatic carbocycles. The third-order valence-corrected chi connectivity index (χ3v) is 4.79. The summed E-state index contributed by atoms with van der Waals surface area (Å²) in [7, 11) is 0. The molecule has 4 nitrogen and oxygen atoms in total. The molecule has 2 saturated heterocycles. The summed E-state index contributed by atoms with van der Waals surface area (Å²) < 4.78 is 5.05. The number of piperidine rings is 1. The Kier molecular flexibility index (Phi) is 4.92. The molecule has 0 aromatic rings. The van der Waals surface area contributed by atoms with Crippen LogP contribution in [0.4, 0.5) is 0 Å². The Morgan fingerprint density at radius 1 is 1.33 bits per heavy atom. The van der Waals surface area contributed by atoms with E-state index >= 15 is 0 Å². The van der Waals surface area contributed by atoms with Crippen molar-refractivity contribution >= 4 is 23.6 Å². The van der Waals surface area contributed by atoms with E-state index in [1.54, 1.807) is 0 Å². The average Bonchev–Trinajstić information content (AvgIpc) is 2.92. The van der Waals surface area contributed by atoms with E-state index in [9.17, 15) is 9.59 Å². The topological polar surface area (TPSA) is 46.6 Å². The lowest BCUT2D eigenvalue weighted by Gasteiger charge is -2.33. The lowest BCUT2D eigenvalue weighted by atomic mass is 9.96. The Morgan fingerprint density at radius 3 is 2.83 bits per heavy atom. The average molecular weight is 271 g/mol. The van der Waals surface area contributed by atoms with Gasteiger partial charge in [0.25, 0.3) is 0 Å². The number of likely N-dealkylation sites (tertiary alicyclic amines) is 1. The summed E-state index contributed by atoms with van der Waals surface area (Å²) in [6, 6.07) is 0. The fourth-order valence-electron chi connectivity index (χ4n) is 2.62. The number of hydrogen-bond acceptors (Lipinski definition) is 4. The summed E-state index contributed by atoms with van der Waals surface area (Å²) in [6.45, 7) is 3.59. The molecule has 0 aromatic heterocycles. The van der Waals surface area contributed by atoms with Crippen molar-refractivity contribution in [3.8, 4) is 0 Å². The first-order valence-corrected chi connectivity index (χ1v) is 7.91. The first-order valence-electron chi connectivity index (χ1n) is 6.75. The molecule has 2 aliphatic rings. The predicted molar refractivity (Wildman–Crippen MR) is 71.4 cm³/mol. The summed E-state index contributed by atoms with van der Waals surface area (Å²) in [5, 5.41) is 0. The summed E-state index contributed by atoms with van der Waals surface area (Å²) in [5.74, 6) is 2.20. The molecule has 2 unspecified atom stereocenters. The fraction of sp³-hybridized carbons (Fsp3) is 0.846. The number of nitrogens with zero attached hydrogens (tertiary/aromatic N) is 1. The van der Waals surface area contributed by atoms with Gasteiger partial charge in [0.15, 0.2) is 0 Å². The van der Waals surface area contributed by atoms with Crippen LogP contribution < -0.4 is 0 Å². The monoisotopic (exact) mass is 271 g/mol. The van der Waals surface area contributed by atoms with E-state index in [4.69, 9.17) is 4.74 Å². The van der Waals surface area contributed by atoms with Crippen LogP contribution in [0.25, 0.3) is 0 Å². The van der Waals surface area contributed by atoms with Crippen LogP contribution in [-0.4, -0.2) is 48.0 Å². The first-order chi connectivity index (χ1) is 8.72. The third kappa shape index (κ3) is 3.19. The van der Waals surface area contributed by atoms with Gasteiger partial charge in [-0.2, -0.15) is 11.8 Å². The standard InChI is InChI=1S/C13H21NO3S/c1-2-17-13(16)10-4-3-6-14(8-10)12(15)11-5-7-18-9-11/h10-11H,2-9H2,1H3. The second-order valence-corrected chi connectivity index (χ2v) is 6.09. The minimum atomic E-state index is -0.143. The molecule has 2 fully saturated rings. The lowest BCUT2D eigenvalue weighted by Crippen LogP contribution is -2.45. The number of carbonyl (C=O) groups excluding carboxylic acids is 2. The molecule has 18 heavy (non-hydrogen) atoms. The van der Waals surface area contributed by atoms with Crippen LogP contribution in [0.15, 0.2) is 0 Å². The van der Waals surface area contributed by atoms with E-state index in [1.165, 1.54) is 0 Å². The van der Waals surface area contributed by atoms with Gasteiger partial charge < -0.3 is 9.64 Å². The Morgan fingerprint density at radius 2 is 2.17 bits per heavy atom.